The topological polar surface area (TPSA) is 63.6 Å². The first kappa shape index (κ1) is 19.1. The molecule has 3 unspecified atom stereocenters. The number of hydrogen-bond acceptors (Lipinski definition) is 4. The van der Waals surface area contributed by atoms with Crippen LogP contribution in [0.25, 0.3) is 0 Å². The van der Waals surface area contributed by atoms with Crippen LogP contribution in [0.1, 0.15) is 78.1 Å². The smallest absolute Gasteiger partial charge is 0.305 e. The van der Waals surface area contributed by atoms with Gasteiger partial charge in [0.05, 0.1) is 12.7 Å². The molecule has 1 aliphatic rings. The second-order valence-electron chi connectivity index (χ2n) is 6.56. The normalized spacial score (nSPS) is 22.8. The Bertz CT molecular complexity index is 338. The van der Waals surface area contributed by atoms with Crippen LogP contribution in [0.15, 0.2) is 0 Å². The van der Waals surface area contributed by atoms with Crippen LogP contribution in [0.5, 0.6) is 0 Å². The van der Waals surface area contributed by atoms with E-state index in [1.807, 2.05) is 13.8 Å². The third kappa shape index (κ3) is 7.39. The fourth-order valence-electron chi connectivity index (χ4n) is 3.39. The summed E-state index contributed by atoms with van der Waals surface area (Å²) < 4.78 is 4.90. The first-order valence-electron chi connectivity index (χ1n) is 8.91. The summed E-state index contributed by atoms with van der Waals surface area (Å²) in [5, 5.41) is 9.40. The number of ketones is 1. The van der Waals surface area contributed by atoms with Gasteiger partial charge in [-0.2, -0.15) is 0 Å². The van der Waals surface area contributed by atoms with Crippen molar-refractivity contribution in [3.63, 3.8) is 0 Å². The van der Waals surface area contributed by atoms with Crippen LogP contribution in [0.2, 0.25) is 0 Å². The Labute approximate surface area is 134 Å². The van der Waals surface area contributed by atoms with Gasteiger partial charge in [0, 0.05) is 18.8 Å². The first-order chi connectivity index (χ1) is 10.5. The maximum atomic E-state index is 12.0. The van der Waals surface area contributed by atoms with Crippen molar-refractivity contribution in [3.05, 3.63) is 0 Å². The predicted octanol–water partition coefficient (Wildman–Crippen LogP) is 3.65. The van der Waals surface area contributed by atoms with Gasteiger partial charge >= 0.3 is 5.97 Å². The van der Waals surface area contributed by atoms with Crippen LogP contribution in [0, 0.1) is 11.8 Å². The van der Waals surface area contributed by atoms with Crippen LogP contribution < -0.4 is 0 Å². The highest BCUT2D eigenvalue weighted by atomic mass is 16.5. The van der Waals surface area contributed by atoms with Crippen molar-refractivity contribution in [2.45, 2.75) is 84.2 Å². The summed E-state index contributed by atoms with van der Waals surface area (Å²) in [6.07, 6.45) is 8.74. The molecule has 1 fully saturated rings. The third-order valence-corrected chi connectivity index (χ3v) is 4.65. The molecule has 4 heteroatoms. The van der Waals surface area contributed by atoms with Crippen molar-refractivity contribution < 1.29 is 19.4 Å². The molecule has 1 rings (SSSR count). The van der Waals surface area contributed by atoms with Crippen molar-refractivity contribution in [2.75, 3.05) is 6.61 Å². The summed E-state index contributed by atoms with van der Waals surface area (Å²) in [5.74, 6) is 0.999. The molecule has 1 aliphatic carbocycles. The second-order valence-corrected chi connectivity index (χ2v) is 6.56. The zero-order chi connectivity index (χ0) is 16.4. The molecule has 0 amide bonds. The summed E-state index contributed by atoms with van der Waals surface area (Å²) in [6.45, 7) is 4.09. The van der Waals surface area contributed by atoms with E-state index in [2.05, 4.69) is 0 Å². The monoisotopic (exact) mass is 312 g/mol. The predicted molar refractivity (Wildman–Crippen MR) is 86.5 cm³/mol. The molecule has 0 aromatic carbocycles. The molecule has 0 aromatic heterocycles. The number of unbranched alkanes of at least 4 members (excludes halogenated alkanes) is 3. The molecule has 0 heterocycles. The SMILES string of the molecule is CCOC(=O)CCCCCCC1C(=O)CCC1CCC(C)O. The van der Waals surface area contributed by atoms with Gasteiger partial charge < -0.3 is 9.84 Å². The van der Waals surface area contributed by atoms with Gasteiger partial charge in [-0.3, -0.25) is 9.59 Å². The quantitative estimate of drug-likeness (QED) is 0.467. The molecule has 3 atom stereocenters. The summed E-state index contributed by atoms with van der Waals surface area (Å²) in [5.41, 5.74) is 0. The Balaban J connectivity index is 2.13. The molecule has 0 spiro atoms. The second kappa shape index (κ2) is 10.8. The van der Waals surface area contributed by atoms with Crippen LogP contribution >= 0.6 is 0 Å². The number of aliphatic hydroxyl groups excluding tert-OH is 1. The van der Waals surface area contributed by atoms with Crippen molar-refractivity contribution >= 4 is 11.8 Å². The van der Waals surface area contributed by atoms with Gasteiger partial charge in [-0.25, -0.2) is 0 Å². The van der Waals surface area contributed by atoms with Crippen molar-refractivity contribution in [3.8, 4) is 0 Å². The van der Waals surface area contributed by atoms with Gasteiger partial charge in [-0.05, 0) is 51.9 Å². The van der Waals surface area contributed by atoms with Crippen LogP contribution in [0.4, 0.5) is 0 Å². The molecule has 1 saturated carbocycles. The lowest BCUT2D eigenvalue weighted by Gasteiger charge is -2.19. The summed E-state index contributed by atoms with van der Waals surface area (Å²) in [7, 11) is 0. The fourth-order valence-corrected chi connectivity index (χ4v) is 3.39. The van der Waals surface area contributed by atoms with Crippen molar-refractivity contribution in [1.29, 1.82) is 0 Å². The van der Waals surface area contributed by atoms with Crippen LogP contribution in [-0.4, -0.2) is 29.6 Å². The molecule has 1 N–H and O–H groups in total. The van der Waals surface area contributed by atoms with Crippen molar-refractivity contribution in [1.82, 2.24) is 0 Å². The summed E-state index contributed by atoms with van der Waals surface area (Å²) in [4.78, 5) is 23.2. The van der Waals surface area contributed by atoms with E-state index < -0.39 is 0 Å². The average Bonchev–Trinajstić information content (AvgIpc) is 2.81. The Hall–Kier alpha value is -0.900. The number of esters is 1. The molecule has 0 aliphatic heterocycles. The number of carbonyl (C=O) groups is 2. The molecule has 0 aromatic rings. The fraction of sp³-hybridized carbons (Fsp3) is 0.889. The Morgan fingerprint density at radius 1 is 1.27 bits per heavy atom. The number of ether oxygens (including phenoxy) is 1. The highest BCUT2D eigenvalue weighted by molar-refractivity contribution is 5.83. The first-order valence-corrected chi connectivity index (χ1v) is 8.91. The number of Topliss-reactive ketones (excluding diaryl/α,β-unsaturated/α-hetero) is 1. The molecule has 0 saturated heterocycles. The highest BCUT2D eigenvalue weighted by Gasteiger charge is 2.33. The molecule has 4 nitrogen and oxygen atoms in total. The molecule has 128 valence electrons. The standard InChI is InChI=1S/C18H32O4/c1-3-22-18(21)9-7-5-4-6-8-16-15(11-10-14(2)19)12-13-17(16)20/h14-16,19H,3-13H2,1-2H3. The van der Waals surface area contributed by atoms with E-state index in [1.54, 1.807) is 0 Å². The molecule has 22 heavy (non-hydrogen) atoms. The minimum Gasteiger partial charge on any atom is -0.466 e. The van der Waals surface area contributed by atoms with E-state index in [9.17, 15) is 14.7 Å². The molecular formula is C18H32O4. The van der Waals surface area contributed by atoms with E-state index in [0.29, 0.717) is 24.7 Å². The number of rotatable bonds is 11. The highest BCUT2D eigenvalue weighted by Crippen LogP contribution is 2.36. The van der Waals surface area contributed by atoms with Gasteiger partial charge in [-0.1, -0.05) is 19.3 Å². The average molecular weight is 312 g/mol. The van der Waals surface area contributed by atoms with Crippen LogP contribution in [0.3, 0.4) is 0 Å². The Kier molecular flexibility index (Phi) is 9.37. The lowest BCUT2D eigenvalue weighted by Crippen LogP contribution is -2.16. The summed E-state index contributed by atoms with van der Waals surface area (Å²) in [6, 6.07) is 0. The number of aliphatic hydroxyl groups is 1. The van der Waals surface area contributed by atoms with E-state index in [1.165, 1.54) is 0 Å². The van der Waals surface area contributed by atoms with E-state index in [-0.39, 0.29) is 18.0 Å². The van der Waals surface area contributed by atoms with Gasteiger partial charge in [0.1, 0.15) is 5.78 Å². The largest absolute Gasteiger partial charge is 0.466 e. The lowest BCUT2D eigenvalue weighted by atomic mass is 9.86. The zero-order valence-electron chi connectivity index (χ0n) is 14.2. The van der Waals surface area contributed by atoms with E-state index in [4.69, 9.17) is 4.74 Å². The minimum absolute atomic E-state index is 0.105. The van der Waals surface area contributed by atoms with Crippen LogP contribution in [-0.2, 0) is 14.3 Å². The number of carbonyl (C=O) groups excluding carboxylic acids is 2. The lowest BCUT2D eigenvalue weighted by molar-refractivity contribution is -0.143. The zero-order valence-corrected chi connectivity index (χ0v) is 14.2. The maximum Gasteiger partial charge on any atom is 0.305 e. The minimum atomic E-state index is -0.265. The molecular weight excluding hydrogens is 280 g/mol. The third-order valence-electron chi connectivity index (χ3n) is 4.65. The van der Waals surface area contributed by atoms with Gasteiger partial charge in [0.25, 0.3) is 0 Å². The summed E-state index contributed by atoms with van der Waals surface area (Å²) >= 11 is 0. The van der Waals surface area contributed by atoms with Gasteiger partial charge in [0.2, 0.25) is 0 Å². The molecule has 0 radical (unpaired) electrons. The van der Waals surface area contributed by atoms with Gasteiger partial charge in [0.15, 0.2) is 0 Å². The number of hydrogen-bond donors (Lipinski definition) is 1. The Morgan fingerprint density at radius 2 is 2.00 bits per heavy atom. The maximum absolute atomic E-state index is 12.0. The Morgan fingerprint density at radius 3 is 2.68 bits per heavy atom. The van der Waals surface area contributed by atoms with E-state index in [0.717, 1.165) is 57.8 Å². The van der Waals surface area contributed by atoms with Crippen molar-refractivity contribution in [2.24, 2.45) is 11.8 Å². The van der Waals surface area contributed by atoms with Gasteiger partial charge in [-0.15, -0.1) is 0 Å². The molecule has 0 bridgehead atoms. The van der Waals surface area contributed by atoms with E-state index >= 15 is 0 Å².